The zero-order valence-corrected chi connectivity index (χ0v) is 9.61. The average Bonchev–Trinajstić information content (AvgIpc) is 2.60. The van der Waals surface area contributed by atoms with E-state index in [0.717, 1.165) is 17.7 Å². The molecular formula is C12H15FN2O2. The summed E-state index contributed by atoms with van der Waals surface area (Å²) in [6.45, 7) is 2.32. The molecule has 1 aromatic rings. The number of hydrogen-bond donors (Lipinski definition) is 2. The van der Waals surface area contributed by atoms with Gasteiger partial charge in [0, 0.05) is 18.8 Å². The molecule has 0 aromatic heterocycles. The van der Waals surface area contributed by atoms with Gasteiger partial charge in [-0.3, -0.25) is 4.79 Å². The maximum Gasteiger partial charge on any atom is 0.325 e. The zero-order chi connectivity index (χ0) is 12.6. The van der Waals surface area contributed by atoms with Crippen molar-refractivity contribution in [3.63, 3.8) is 0 Å². The predicted molar refractivity (Wildman–Crippen MR) is 62.5 cm³/mol. The first-order valence-electron chi connectivity index (χ1n) is 5.46. The van der Waals surface area contributed by atoms with Crippen molar-refractivity contribution >= 4 is 11.7 Å². The number of nitrogens with zero attached hydrogens (tertiary/aromatic N) is 1. The summed E-state index contributed by atoms with van der Waals surface area (Å²) in [5.41, 5.74) is 6.16. The van der Waals surface area contributed by atoms with Gasteiger partial charge < -0.3 is 15.7 Å². The molecule has 17 heavy (non-hydrogen) atoms. The van der Waals surface area contributed by atoms with Crippen molar-refractivity contribution in [3.8, 4) is 0 Å². The maximum atomic E-state index is 13.2. The van der Waals surface area contributed by atoms with Crippen LogP contribution in [0.25, 0.3) is 0 Å². The summed E-state index contributed by atoms with van der Waals surface area (Å²) in [7, 11) is 0. The molecule has 0 saturated carbocycles. The van der Waals surface area contributed by atoms with E-state index in [-0.39, 0.29) is 12.4 Å². The molecule has 0 fully saturated rings. The molecule has 5 heteroatoms. The van der Waals surface area contributed by atoms with Crippen LogP contribution in [0.15, 0.2) is 18.2 Å². The van der Waals surface area contributed by atoms with Crippen LogP contribution in [0.1, 0.15) is 12.5 Å². The Balaban J connectivity index is 2.23. The molecule has 0 aliphatic carbocycles. The smallest absolute Gasteiger partial charge is 0.325 e. The second kappa shape index (κ2) is 4.00. The van der Waals surface area contributed by atoms with Crippen LogP contribution in [0.3, 0.4) is 0 Å². The standard InChI is InChI=1S/C12H15FN2O2/c1-12(14,11(16)17)7-15-5-4-8-2-3-9(13)6-10(8)15/h2-3,6H,4-5,7,14H2,1H3,(H,16,17). The molecule has 1 aliphatic heterocycles. The summed E-state index contributed by atoms with van der Waals surface area (Å²) in [5, 5.41) is 8.98. The summed E-state index contributed by atoms with van der Waals surface area (Å²) in [5.74, 6) is -1.37. The zero-order valence-electron chi connectivity index (χ0n) is 9.61. The van der Waals surface area contributed by atoms with Crippen molar-refractivity contribution in [2.45, 2.75) is 18.9 Å². The summed E-state index contributed by atoms with van der Waals surface area (Å²) in [4.78, 5) is 12.8. The van der Waals surface area contributed by atoms with Gasteiger partial charge in [-0.1, -0.05) is 6.07 Å². The first-order chi connectivity index (χ1) is 7.90. The number of carboxylic acid groups (broad SMARTS) is 1. The molecule has 2 rings (SSSR count). The van der Waals surface area contributed by atoms with Gasteiger partial charge in [-0.05, 0) is 31.0 Å². The van der Waals surface area contributed by atoms with E-state index in [1.807, 2.05) is 4.90 Å². The van der Waals surface area contributed by atoms with Crippen LogP contribution < -0.4 is 10.6 Å². The minimum Gasteiger partial charge on any atom is -0.480 e. The SMILES string of the molecule is CC(N)(CN1CCc2ccc(F)cc21)C(=O)O. The molecule has 92 valence electrons. The Morgan fingerprint density at radius 1 is 1.65 bits per heavy atom. The van der Waals surface area contributed by atoms with Crippen molar-refractivity contribution < 1.29 is 14.3 Å². The first kappa shape index (κ1) is 11.9. The third-order valence-electron chi connectivity index (χ3n) is 3.05. The fourth-order valence-corrected chi connectivity index (χ4v) is 2.05. The highest BCUT2D eigenvalue weighted by molar-refractivity contribution is 5.79. The van der Waals surface area contributed by atoms with E-state index < -0.39 is 11.5 Å². The molecule has 0 bridgehead atoms. The molecule has 0 amide bonds. The van der Waals surface area contributed by atoms with E-state index in [1.54, 1.807) is 6.07 Å². The summed E-state index contributed by atoms with van der Waals surface area (Å²) < 4.78 is 13.2. The molecular weight excluding hydrogens is 223 g/mol. The fourth-order valence-electron chi connectivity index (χ4n) is 2.05. The summed E-state index contributed by atoms with van der Waals surface area (Å²) in [6.07, 6.45) is 0.797. The van der Waals surface area contributed by atoms with Gasteiger partial charge in [0.05, 0.1) is 0 Å². The van der Waals surface area contributed by atoms with Crippen LogP contribution >= 0.6 is 0 Å². The van der Waals surface area contributed by atoms with Crippen LogP contribution in [0, 0.1) is 5.82 Å². The van der Waals surface area contributed by atoms with Crippen LogP contribution in [0.5, 0.6) is 0 Å². The minimum absolute atomic E-state index is 0.179. The number of fused-ring (bicyclic) bond motifs is 1. The van der Waals surface area contributed by atoms with E-state index in [2.05, 4.69) is 0 Å². The molecule has 0 saturated heterocycles. The lowest BCUT2D eigenvalue weighted by atomic mass is 10.0. The number of hydrogen-bond acceptors (Lipinski definition) is 3. The molecule has 0 spiro atoms. The van der Waals surface area contributed by atoms with Gasteiger partial charge in [0.25, 0.3) is 0 Å². The lowest BCUT2D eigenvalue weighted by molar-refractivity contribution is -0.142. The second-order valence-corrected chi connectivity index (χ2v) is 4.67. The average molecular weight is 238 g/mol. The van der Waals surface area contributed by atoms with Crippen molar-refractivity contribution in [2.75, 3.05) is 18.0 Å². The Morgan fingerprint density at radius 2 is 2.35 bits per heavy atom. The molecule has 1 aromatic carbocycles. The monoisotopic (exact) mass is 238 g/mol. The number of halogens is 1. The highest BCUT2D eigenvalue weighted by atomic mass is 19.1. The third kappa shape index (κ3) is 2.24. The van der Waals surface area contributed by atoms with Gasteiger partial charge in [0.2, 0.25) is 0 Å². The van der Waals surface area contributed by atoms with Crippen molar-refractivity contribution in [2.24, 2.45) is 5.73 Å². The molecule has 4 nitrogen and oxygen atoms in total. The van der Waals surface area contributed by atoms with E-state index in [0.29, 0.717) is 6.54 Å². The van der Waals surface area contributed by atoms with Gasteiger partial charge in [0.15, 0.2) is 0 Å². The Bertz CT molecular complexity index is 460. The first-order valence-corrected chi connectivity index (χ1v) is 5.46. The Morgan fingerprint density at radius 3 is 3.00 bits per heavy atom. The van der Waals surface area contributed by atoms with Crippen molar-refractivity contribution in [1.82, 2.24) is 0 Å². The summed E-state index contributed by atoms with van der Waals surface area (Å²) in [6, 6.07) is 4.58. The molecule has 3 N–H and O–H groups in total. The number of carboxylic acids is 1. The molecule has 0 radical (unpaired) electrons. The quantitative estimate of drug-likeness (QED) is 0.824. The number of nitrogens with two attached hydrogens (primary N) is 1. The van der Waals surface area contributed by atoms with E-state index >= 15 is 0 Å². The topological polar surface area (TPSA) is 66.6 Å². The Kier molecular flexibility index (Phi) is 2.79. The third-order valence-corrected chi connectivity index (χ3v) is 3.05. The van der Waals surface area contributed by atoms with Crippen LogP contribution in [0.4, 0.5) is 10.1 Å². The van der Waals surface area contributed by atoms with Gasteiger partial charge in [-0.15, -0.1) is 0 Å². The van der Waals surface area contributed by atoms with Gasteiger partial charge in [-0.2, -0.15) is 0 Å². The minimum atomic E-state index is -1.33. The largest absolute Gasteiger partial charge is 0.480 e. The molecule has 1 atom stereocenters. The van der Waals surface area contributed by atoms with Crippen LogP contribution in [0.2, 0.25) is 0 Å². The summed E-state index contributed by atoms with van der Waals surface area (Å²) >= 11 is 0. The highest BCUT2D eigenvalue weighted by Gasteiger charge is 2.33. The molecule has 1 aliphatic rings. The van der Waals surface area contributed by atoms with E-state index in [9.17, 15) is 9.18 Å². The predicted octanol–water partition coefficient (Wildman–Crippen LogP) is 0.990. The normalized spacial score (nSPS) is 17.7. The number of anilines is 1. The molecule has 1 heterocycles. The van der Waals surface area contributed by atoms with Crippen molar-refractivity contribution in [3.05, 3.63) is 29.6 Å². The number of aliphatic carboxylic acids is 1. The van der Waals surface area contributed by atoms with E-state index in [4.69, 9.17) is 10.8 Å². The Hall–Kier alpha value is -1.62. The fraction of sp³-hybridized carbons (Fsp3) is 0.417. The maximum absolute atomic E-state index is 13.2. The highest BCUT2D eigenvalue weighted by Crippen LogP contribution is 2.29. The lowest BCUT2D eigenvalue weighted by Crippen LogP contribution is -2.53. The Labute approximate surface area is 98.8 Å². The van der Waals surface area contributed by atoms with Crippen LogP contribution in [-0.4, -0.2) is 29.7 Å². The van der Waals surface area contributed by atoms with Crippen LogP contribution in [-0.2, 0) is 11.2 Å². The molecule has 1 unspecified atom stereocenters. The second-order valence-electron chi connectivity index (χ2n) is 4.67. The number of rotatable bonds is 3. The van der Waals surface area contributed by atoms with Crippen molar-refractivity contribution in [1.29, 1.82) is 0 Å². The lowest BCUT2D eigenvalue weighted by Gasteiger charge is -2.28. The number of carbonyl (C=O) groups is 1. The van der Waals surface area contributed by atoms with Gasteiger partial charge >= 0.3 is 5.97 Å². The van der Waals surface area contributed by atoms with E-state index in [1.165, 1.54) is 19.1 Å². The number of benzene rings is 1. The van der Waals surface area contributed by atoms with Gasteiger partial charge in [0.1, 0.15) is 11.4 Å². The van der Waals surface area contributed by atoms with Gasteiger partial charge in [-0.25, -0.2) is 4.39 Å².